The van der Waals surface area contributed by atoms with Gasteiger partial charge in [0.05, 0.1) is 25.0 Å². The van der Waals surface area contributed by atoms with Crippen molar-refractivity contribution in [2.45, 2.75) is 45.4 Å². The minimum absolute atomic E-state index is 0.00171. The number of halogens is 2. The molecule has 30 heavy (non-hydrogen) atoms. The first kappa shape index (κ1) is 22.5. The summed E-state index contributed by atoms with van der Waals surface area (Å²) in [6.07, 6.45) is 3.30. The van der Waals surface area contributed by atoms with Gasteiger partial charge in [-0.2, -0.15) is 0 Å². The maximum Gasteiger partial charge on any atom is 0.240 e. The van der Waals surface area contributed by atoms with Gasteiger partial charge in [0.15, 0.2) is 5.02 Å². The molecule has 0 unspecified atom stereocenters. The molecule has 0 aliphatic heterocycles. The summed E-state index contributed by atoms with van der Waals surface area (Å²) >= 11 is 12.2. The maximum absolute atomic E-state index is 11.0. The monoisotopic (exact) mass is 454 g/mol. The van der Waals surface area contributed by atoms with Gasteiger partial charge in [-0.05, 0) is 37.8 Å². The summed E-state index contributed by atoms with van der Waals surface area (Å²) in [5.41, 5.74) is 0.660. The zero-order chi connectivity index (χ0) is 21.5. The van der Waals surface area contributed by atoms with Crippen molar-refractivity contribution in [2.24, 2.45) is 5.92 Å². The highest BCUT2D eigenvalue weighted by molar-refractivity contribution is 6.33. The molecule has 1 saturated carbocycles. The summed E-state index contributed by atoms with van der Waals surface area (Å²) in [4.78, 5) is 23.3. The normalized spacial score (nSPS) is 18.9. The smallest absolute Gasteiger partial charge is 0.240 e. The summed E-state index contributed by atoms with van der Waals surface area (Å²) in [5.74, 6) is 0.812. The summed E-state index contributed by atoms with van der Waals surface area (Å²) in [6.45, 7) is 4.57. The molecule has 2 aromatic rings. The van der Waals surface area contributed by atoms with Gasteiger partial charge < -0.3 is 19.5 Å². The number of hydrogen-bond acceptors (Lipinski definition) is 7. The Balaban J connectivity index is 1.41. The number of amides is 1. The van der Waals surface area contributed by atoms with E-state index >= 15 is 0 Å². The Hall–Kier alpha value is -2.16. The Bertz CT molecular complexity index is 864. The highest BCUT2D eigenvalue weighted by Crippen LogP contribution is 2.34. The fraction of sp³-hybridized carbons (Fsp3) is 0.500. The lowest BCUT2D eigenvalue weighted by Gasteiger charge is -2.35. The molecular weight excluding hydrogens is 431 g/mol. The standard InChI is InChI=1S/C20H24Cl2N4O4/c1-12(25-13(2)27)8-28-16-6-14(7-16)9-29-19-18(22)20(24-11-23-19)30-10-15-4-3-5-17(21)26-15/h3-5,11-12,14,16H,6-10H2,1-2H3,(H,25,27)/t12-,14?,16?/m0/s1. The molecule has 162 valence electrons. The van der Waals surface area contributed by atoms with E-state index in [-0.39, 0.29) is 41.4 Å². The highest BCUT2D eigenvalue weighted by atomic mass is 35.5. The van der Waals surface area contributed by atoms with Crippen LogP contribution in [0, 0.1) is 5.92 Å². The predicted octanol–water partition coefficient (Wildman–Crippen LogP) is 3.46. The third kappa shape index (κ3) is 6.68. The molecule has 0 bridgehead atoms. The van der Waals surface area contributed by atoms with Crippen LogP contribution in [-0.2, 0) is 16.1 Å². The zero-order valence-electron chi connectivity index (χ0n) is 16.8. The van der Waals surface area contributed by atoms with E-state index in [2.05, 4.69) is 20.3 Å². The Morgan fingerprint density at radius 2 is 1.97 bits per heavy atom. The van der Waals surface area contributed by atoms with Crippen molar-refractivity contribution in [1.82, 2.24) is 20.3 Å². The topological polar surface area (TPSA) is 95.5 Å². The van der Waals surface area contributed by atoms with Crippen LogP contribution >= 0.6 is 23.2 Å². The van der Waals surface area contributed by atoms with Crippen molar-refractivity contribution in [3.8, 4) is 11.8 Å². The van der Waals surface area contributed by atoms with Crippen molar-refractivity contribution in [1.29, 1.82) is 0 Å². The van der Waals surface area contributed by atoms with Crippen molar-refractivity contribution in [3.63, 3.8) is 0 Å². The molecular formula is C20H24Cl2N4O4. The van der Waals surface area contributed by atoms with Gasteiger partial charge >= 0.3 is 0 Å². The largest absolute Gasteiger partial charge is 0.476 e. The van der Waals surface area contributed by atoms with Crippen molar-refractivity contribution in [3.05, 3.63) is 40.4 Å². The van der Waals surface area contributed by atoms with E-state index in [1.54, 1.807) is 18.2 Å². The molecule has 1 aliphatic rings. The number of ether oxygens (including phenoxy) is 3. The lowest BCUT2D eigenvalue weighted by molar-refractivity contribution is -0.120. The summed E-state index contributed by atoms with van der Waals surface area (Å²) in [6, 6.07) is 5.28. The first-order chi connectivity index (χ1) is 14.4. The summed E-state index contributed by atoms with van der Waals surface area (Å²) < 4.78 is 17.2. The average molecular weight is 455 g/mol. The lowest BCUT2D eigenvalue weighted by Crippen LogP contribution is -2.40. The molecule has 1 fully saturated rings. The SMILES string of the molecule is CC(=O)N[C@@H](C)COC1CC(COc2ncnc(OCc3cccc(Cl)n3)c2Cl)C1. The first-order valence-electron chi connectivity index (χ1n) is 9.67. The maximum atomic E-state index is 11.0. The fourth-order valence-electron chi connectivity index (χ4n) is 3.03. The molecule has 2 aromatic heterocycles. The van der Waals surface area contributed by atoms with E-state index in [9.17, 15) is 4.79 Å². The van der Waals surface area contributed by atoms with E-state index in [0.717, 1.165) is 12.8 Å². The van der Waals surface area contributed by atoms with Crippen LogP contribution in [0.4, 0.5) is 0 Å². The van der Waals surface area contributed by atoms with Gasteiger partial charge in [-0.1, -0.05) is 29.3 Å². The molecule has 0 spiro atoms. The Labute approximate surface area is 185 Å². The lowest BCUT2D eigenvalue weighted by atomic mass is 9.83. The number of pyridine rings is 1. The van der Waals surface area contributed by atoms with E-state index in [0.29, 0.717) is 30.0 Å². The minimum Gasteiger partial charge on any atom is -0.476 e. The first-order valence-corrected chi connectivity index (χ1v) is 10.4. The van der Waals surface area contributed by atoms with Crippen molar-refractivity contribution in [2.75, 3.05) is 13.2 Å². The van der Waals surface area contributed by atoms with Crippen LogP contribution in [0.1, 0.15) is 32.4 Å². The van der Waals surface area contributed by atoms with Crippen LogP contribution < -0.4 is 14.8 Å². The number of aromatic nitrogens is 3. The quantitative estimate of drug-likeness (QED) is 0.549. The Morgan fingerprint density at radius 3 is 2.67 bits per heavy atom. The molecule has 1 aliphatic carbocycles. The molecule has 0 aromatic carbocycles. The van der Waals surface area contributed by atoms with Gasteiger partial charge in [0.25, 0.3) is 0 Å². The van der Waals surface area contributed by atoms with Crippen LogP contribution in [0.3, 0.4) is 0 Å². The molecule has 0 saturated heterocycles. The highest BCUT2D eigenvalue weighted by Gasteiger charge is 2.31. The number of carbonyl (C=O) groups is 1. The second-order valence-corrected chi connectivity index (χ2v) is 8.01. The molecule has 2 heterocycles. The molecule has 3 rings (SSSR count). The number of carbonyl (C=O) groups excluding carboxylic acids is 1. The van der Waals surface area contributed by atoms with Gasteiger partial charge in [0.1, 0.15) is 18.1 Å². The van der Waals surface area contributed by atoms with Gasteiger partial charge in [0, 0.05) is 13.0 Å². The minimum atomic E-state index is -0.0557. The van der Waals surface area contributed by atoms with Crippen molar-refractivity contribution >= 4 is 29.1 Å². The van der Waals surface area contributed by atoms with Gasteiger partial charge in [-0.3, -0.25) is 4.79 Å². The van der Waals surface area contributed by atoms with Gasteiger partial charge in [-0.15, -0.1) is 0 Å². The summed E-state index contributed by atoms with van der Waals surface area (Å²) in [5, 5.41) is 3.41. The number of hydrogen-bond donors (Lipinski definition) is 1. The third-order valence-corrected chi connectivity index (χ3v) is 5.07. The van der Waals surface area contributed by atoms with E-state index in [1.807, 2.05) is 6.92 Å². The second-order valence-electron chi connectivity index (χ2n) is 7.24. The molecule has 1 N–H and O–H groups in total. The molecule has 0 radical (unpaired) electrons. The van der Waals surface area contributed by atoms with Gasteiger partial charge in [-0.25, -0.2) is 15.0 Å². The number of nitrogens with one attached hydrogen (secondary N) is 1. The molecule has 1 amide bonds. The fourth-order valence-corrected chi connectivity index (χ4v) is 3.41. The van der Waals surface area contributed by atoms with Crippen molar-refractivity contribution < 1.29 is 19.0 Å². The zero-order valence-corrected chi connectivity index (χ0v) is 18.3. The Kier molecular flexibility index (Phi) is 8.07. The Morgan fingerprint density at radius 1 is 1.23 bits per heavy atom. The van der Waals surface area contributed by atoms with Crippen LogP contribution in [0.25, 0.3) is 0 Å². The van der Waals surface area contributed by atoms with Crippen LogP contribution in [-0.4, -0.2) is 46.2 Å². The van der Waals surface area contributed by atoms with Gasteiger partial charge in [0.2, 0.25) is 17.7 Å². The summed E-state index contributed by atoms with van der Waals surface area (Å²) in [7, 11) is 0. The molecule has 10 heteroatoms. The van der Waals surface area contributed by atoms with E-state index in [1.165, 1.54) is 13.3 Å². The average Bonchev–Trinajstić information content (AvgIpc) is 2.66. The van der Waals surface area contributed by atoms with Crippen LogP contribution in [0.2, 0.25) is 10.2 Å². The predicted molar refractivity (Wildman–Crippen MR) is 112 cm³/mol. The molecule has 8 nitrogen and oxygen atoms in total. The number of rotatable bonds is 10. The van der Waals surface area contributed by atoms with Crippen LogP contribution in [0.5, 0.6) is 11.8 Å². The van der Waals surface area contributed by atoms with Crippen LogP contribution in [0.15, 0.2) is 24.5 Å². The molecule has 1 atom stereocenters. The van der Waals surface area contributed by atoms with E-state index in [4.69, 9.17) is 37.4 Å². The number of nitrogens with zero attached hydrogens (tertiary/aromatic N) is 3. The third-order valence-electron chi connectivity index (χ3n) is 4.53. The second kappa shape index (κ2) is 10.7. The van der Waals surface area contributed by atoms with E-state index < -0.39 is 0 Å².